The molecule has 0 unspecified atom stereocenters. The van der Waals surface area contributed by atoms with Crippen LogP contribution in [0.15, 0.2) is 52.3 Å². The van der Waals surface area contributed by atoms with E-state index in [1.807, 2.05) is 24.8 Å². The Morgan fingerprint density at radius 3 is 2.71 bits per heavy atom. The monoisotopic (exact) mass is 298 g/mol. The number of carbonyl (C=O) groups excluding carboxylic acids is 1. The predicted molar refractivity (Wildman–Crippen MR) is 84.8 cm³/mol. The van der Waals surface area contributed by atoms with Crippen molar-refractivity contribution in [3.05, 3.63) is 59.2 Å². The summed E-state index contributed by atoms with van der Waals surface area (Å²) in [5.74, 6) is -0.151. The van der Waals surface area contributed by atoms with Crippen molar-refractivity contribution in [1.82, 2.24) is 0 Å². The molecule has 21 heavy (non-hydrogen) atoms. The van der Waals surface area contributed by atoms with Gasteiger partial charge in [0, 0.05) is 9.79 Å². The molecule has 108 valence electrons. The summed E-state index contributed by atoms with van der Waals surface area (Å²) in [5, 5.41) is 0. The Kier molecular flexibility index (Phi) is 4.30. The SMILES string of the molecule is CCOC(=O)Cc1ccc2c(c1)CCc1ccccc1S2. The summed E-state index contributed by atoms with van der Waals surface area (Å²) >= 11 is 1.83. The summed E-state index contributed by atoms with van der Waals surface area (Å²) in [6, 6.07) is 14.9. The van der Waals surface area contributed by atoms with Crippen molar-refractivity contribution in [3.63, 3.8) is 0 Å². The highest BCUT2D eigenvalue weighted by atomic mass is 32.2. The zero-order chi connectivity index (χ0) is 14.7. The molecule has 0 aromatic heterocycles. The van der Waals surface area contributed by atoms with E-state index in [1.165, 1.54) is 20.9 Å². The van der Waals surface area contributed by atoms with Crippen LogP contribution in [0.4, 0.5) is 0 Å². The Hall–Kier alpha value is -1.74. The van der Waals surface area contributed by atoms with Gasteiger partial charge in [0.1, 0.15) is 0 Å². The second kappa shape index (κ2) is 6.35. The van der Waals surface area contributed by atoms with Crippen LogP contribution in [-0.2, 0) is 28.8 Å². The van der Waals surface area contributed by atoms with Crippen LogP contribution in [0.5, 0.6) is 0 Å². The highest BCUT2D eigenvalue weighted by Crippen LogP contribution is 2.37. The number of hydrogen-bond donors (Lipinski definition) is 0. The van der Waals surface area contributed by atoms with Gasteiger partial charge in [0.15, 0.2) is 0 Å². The minimum atomic E-state index is -0.151. The average molecular weight is 298 g/mol. The molecule has 0 aliphatic carbocycles. The van der Waals surface area contributed by atoms with Gasteiger partial charge in [0.05, 0.1) is 13.0 Å². The van der Waals surface area contributed by atoms with Gasteiger partial charge in [-0.05, 0) is 48.6 Å². The van der Waals surface area contributed by atoms with Crippen molar-refractivity contribution in [3.8, 4) is 0 Å². The van der Waals surface area contributed by atoms with Crippen molar-refractivity contribution >= 4 is 17.7 Å². The van der Waals surface area contributed by atoms with E-state index in [0.717, 1.165) is 18.4 Å². The Bertz CT molecular complexity index is 664. The van der Waals surface area contributed by atoms with Crippen molar-refractivity contribution < 1.29 is 9.53 Å². The summed E-state index contributed by atoms with van der Waals surface area (Å²) in [4.78, 5) is 14.2. The summed E-state index contributed by atoms with van der Waals surface area (Å²) in [7, 11) is 0. The number of aryl methyl sites for hydroxylation is 2. The smallest absolute Gasteiger partial charge is 0.310 e. The third kappa shape index (κ3) is 3.30. The molecule has 3 rings (SSSR count). The fourth-order valence-electron chi connectivity index (χ4n) is 2.61. The quantitative estimate of drug-likeness (QED) is 0.800. The maximum atomic E-state index is 11.6. The van der Waals surface area contributed by atoms with Crippen LogP contribution in [0.3, 0.4) is 0 Å². The summed E-state index contributed by atoms with van der Waals surface area (Å²) < 4.78 is 5.02. The normalized spacial score (nSPS) is 13.0. The van der Waals surface area contributed by atoms with E-state index >= 15 is 0 Å². The third-order valence-electron chi connectivity index (χ3n) is 3.63. The van der Waals surface area contributed by atoms with Gasteiger partial charge in [0.2, 0.25) is 0 Å². The van der Waals surface area contributed by atoms with Crippen LogP contribution in [-0.4, -0.2) is 12.6 Å². The lowest BCUT2D eigenvalue weighted by molar-refractivity contribution is -0.142. The van der Waals surface area contributed by atoms with Gasteiger partial charge < -0.3 is 4.74 Å². The molecule has 0 spiro atoms. The standard InChI is InChI=1S/C18H18O2S/c1-2-20-18(19)12-13-7-10-17-15(11-13)9-8-14-5-3-4-6-16(14)21-17/h3-7,10-11H,2,8-9,12H2,1H3. The van der Waals surface area contributed by atoms with E-state index < -0.39 is 0 Å². The van der Waals surface area contributed by atoms with Gasteiger partial charge in [0.25, 0.3) is 0 Å². The molecule has 0 N–H and O–H groups in total. The first-order chi connectivity index (χ1) is 10.3. The molecule has 0 amide bonds. The Morgan fingerprint density at radius 1 is 1.10 bits per heavy atom. The van der Waals surface area contributed by atoms with E-state index in [-0.39, 0.29) is 5.97 Å². The first kappa shape index (κ1) is 14.2. The number of benzene rings is 2. The van der Waals surface area contributed by atoms with Crippen molar-refractivity contribution in [1.29, 1.82) is 0 Å². The molecular weight excluding hydrogens is 280 g/mol. The van der Waals surface area contributed by atoms with Gasteiger partial charge in [-0.1, -0.05) is 42.1 Å². The fourth-order valence-corrected chi connectivity index (χ4v) is 3.73. The molecule has 1 heterocycles. The van der Waals surface area contributed by atoms with Gasteiger partial charge >= 0.3 is 5.97 Å². The van der Waals surface area contributed by atoms with Crippen molar-refractivity contribution in [2.24, 2.45) is 0 Å². The van der Waals surface area contributed by atoms with E-state index in [2.05, 4.69) is 36.4 Å². The average Bonchev–Trinajstić information content (AvgIpc) is 2.66. The largest absolute Gasteiger partial charge is 0.466 e. The zero-order valence-corrected chi connectivity index (χ0v) is 12.9. The minimum absolute atomic E-state index is 0.151. The van der Waals surface area contributed by atoms with Crippen LogP contribution < -0.4 is 0 Å². The minimum Gasteiger partial charge on any atom is -0.466 e. The summed E-state index contributed by atoms with van der Waals surface area (Å²) in [6.45, 7) is 2.28. The highest BCUT2D eigenvalue weighted by Gasteiger charge is 2.14. The lowest BCUT2D eigenvalue weighted by Crippen LogP contribution is -2.07. The molecule has 0 fully saturated rings. The number of hydrogen-bond acceptors (Lipinski definition) is 3. The van der Waals surface area contributed by atoms with Gasteiger partial charge in [-0.3, -0.25) is 4.79 Å². The van der Waals surface area contributed by atoms with Gasteiger partial charge in [-0.15, -0.1) is 0 Å². The Labute approximate surface area is 129 Å². The van der Waals surface area contributed by atoms with Crippen LogP contribution in [0.25, 0.3) is 0 Å². The van der Waals surface area contributed by atoms with Crippen molar-refractivity contribution in [2.75, 3.05) is 6.61 Å². The maximum Gasteiger partial charge on any atom is 0.310 e. The highest BCUT2D eigenvalue weighted by molar-refractivity contribution is 7.99. The molecular formula is C18H18O2S. The first-order valence-electron chi connectivity index (χ1n) is 7.29. The molecule has 2 aromatic rings. The van der Waals surface area contributed by atoms with Crippen LogP contribution >= 0.6 is 11.8 Å². The van der Waals surface area contributed by atoms with E-state index in [9.17, 15) is 4.79 Å². The predicted octanol–water partition coefficient (Wildman–Crippen LogP) is 4.04. The molecule has 3 heteroatoms. The topological polar surface area (TPSA) is 26.3 Å². The molecule has 2 nitrogen and oxygen atoms in total. The second-order valence-corrected chi connectivity index (χ2v) is 6.22. The molecule has 2 aromatic carbocycles. The molecule has 1 aliphatic rings. The number of ether oxygens (including phenoxy) is 1. The molecule has 1 aliphatic heterocycles. The van der Waals surface area contributed by atoms with Gasteiger partial charge in [-0.2, -0.15) is 0 Å². The maximum absolute atomic E-state index is 11.6. The fraction of sp³-hybridized carbons (Fsp3) is 0.278. The molecule has 0 saturated carbocycles. The van der Waals surface area contributed by atoms with E-state index in [1.54, 1.807) is 0 Å². The number of rotatable bonds is 3. The molecule has 0 bridgehead atoms. The third-order valence-corrected chi connectivity index (χ3v) is 4.87. The number of carbonyl (C=O) groups is 1. The van der Waals surface area contributed by atoms with Crippen LogP contribution in [0, 0.1) is 0 Å². The van der Waals surface area contributed by atoms with Crippen LogP contribution in [0.2, 0.25) is 0 Å². The lowest BCUT2D eigenvalue weighted by Gasteiger charge is -2.08. The van der Waals surface area contributed by atoms with Gasteiger partial charge in [-0.25, -0.2) is 0 Å². The van der Waals surface area contributed by atoms with Crippen molar-refractivity contribution in [2.45, 2.75) is 36.0 Å². The van der Waals surface area contributed by atoms with E-state index in [4.69, 9.17) is 4.74 Å². The zero-order valence-electron chi connectivity index (χ0n) is 12.1. The first-order valence-corrected chi connectivity index (χ1v) is 8.11. The number of fused-ring (bicyclic) bond motifs is 2. The Balaban J connectivity index is 1.83. The molecule has 0 atom stereocenters. The Morgan fingerprint density at radius 2 is 1.86 bits per heavy atom. The van der Waals surface area contributed by atoms with Crippen LogP contribution in [0.1, 0.15) is 23.6 Å². The lowest BCUT2D eigenvalue weighted by atomic mass is 10.0. The van der Waals surface area contributed by atoms with E-state index in [0.29, 0.717) is 13.0 Å². The molecule has 0 radical (unpaired) electrons. The number of esters is 1. The molecule has 0 saturated heterocycles. The summed E-state index contributed by atoms with van der Waals surface area (Å²) in [5.41, 5.74) is 3.78. The second-order valence-electron chi connectivity index (χ2n) is 5.13. The summed E-state index contributed by atoms with van der Waals surface area (Å²) in [6.07, 6.45) is 2.44.